The molecule has 1 aromatic heterocycles. The molecule has 27 heavy (non-hydrogen) atoms. The largest absolute Gasteiger partial charge is 0.416 e. The molecule has 2 heterocycles. The van der Waals surface area contributed by atoms with Crippen LogP contribution in [0.2, 0.25) is 0 Å². The van der Waals surface area contributed by atoms with E-state index < -0.39 is 23.7 Å². The molecule has 4 rings (SSSR count). The van der Waals surface area contributed by atoms with Crippen molar-refractivity contribution in [1.82, 2.24) is 9.55 Å². The van der Waals surface area contributed by atoms with Gasteiger partial charge in [0, 0.05) is 5.69 Å². The van der Waals surface area contributed by atoms with Crippen LogP contribution in [-0.2, 0) is 15.8 Å². The van der Waals surface area contributed by atoms with Crippen LogP contribution in [0.25, 0.3) is 11.0 Å². The number of hydrogen-bond donors (Lipinski definition) is 2. The minimum Gasteiger partial charge on any atom is -0.324 e. The zero-order valence-electron chi connectivity index (χ0n) is 13.7. The van der Waals surface area contributed by atoms with Gasteiger partial charge in [-0.3, -0.25) is 19.5 Å². The number of aromatic nitrogens is 2. The molecule has 138 valence electrons. The number of imidazole rings is 1. The lowest BCUT2D eigenvalue weighted by Crippen LogP contribution is -2.35. The maximum atomic E-state index is 12.9. The summed E-state index contributed by atoms with van der Waals surface area (Å²) in [4.78, 5) is 29.0. The number of rotatable bonds is 2. The molecule has 1 atom stereocenters. The Morgan fingerprint density at radius 3 is 2.74 bits per heavy atom. The number of anilines is 2. The van der Waals surface area contributed by atoms with E-state index in [1.165, 1.54) is 12.1 Å². The molecule has 1 unspecified atom stereocenters. The molecule has 1 aliphatic rings. The van der Waals surface area contributed by atoms with Gasteiger partial charge in [0.1, 0.15) is 6.04 Å². The standard InChI is InChI=1S/C18H13F3N4O2/c19-18(20,21)10-4-3-5-11(8-10)22-16(27)14-9-15(26)24-17-23-12-6-1-2-7-13(12)25(14)17/h1-8,14H,9H2,(H,22,27)(H,23,24,26). The number of alkyl halides is 3. The number of carbonyl (C=O) groups is 2. The predicted octanol–water partition coefficient (Wildman–Crippen LogP) is 3.58. The van der Waals surface area contributed by atoms with Gasteiger partial charge in [-0.25, -0.2) is 4.98 Å². The smallest absolute Gasteiger partial charge is 0.324 e. The lowest BCUT2D eigenvalue weighted by atomic mass is 10.1. The van der Waals surface area contributed by atoms with Crippen LogP contribution in [0.5, 0.6) is 0 Å². The van der Waals surface area contributed by atoms with E-state index in [0.717, 1.165) is 12.1 Å². The molecule has 2 amide bonds. The summed E-state index contributed by atoms with van der Waals surface area (Å²) in [5.74, 6) is -0.743. The monoisotopic (exact) mass is 374 g/mol. The van der Waals surface area contributed by atoms with Crippen molar-refractivity contribution in [3.05, 3.63) is 54.1 Å². The second-order valence-corrected chi connectivity index (χ2v) is 6.13. The summed E-state index contributed by atoms with van der Waals surface area (Å²) in [5.41, 5.74) is 0.394. The van der Waals surface area contributed by atoms with Gasteiger partial charge in [-0.05, 0) is 30.3 Å². The van der Waals surface area contributed by atoms with Crippen LogP contribution in [0.1, 0.15) is 18.0 Å². The van der Waals surface area contributed by atoms with Crippen molar-refractivity contribution in [2.75, 3.05) is 10.6 Å². The first kappa shape index (κ1) is 17.1. The van der Waals surface area contributed by atoms with E-state index in [4.69, 9.17) is 0 Å². The number of amides is 2. The third-order valence-electron chi connectivity index (χ3n) is 4.30. The van der Waals surface area contributed by atoms with Gasteiger partial charge in [-0.1, -0.05) is 18.2 Å². The topological polar surface area (TPSA) is 76.0 Å². The second kappa shape index (κ2) is 6.11. The molecule has 0 aliphatic carbocycles. The Labute approximate surface area is 151 Å². The second-order valence-electron chi connectivity index (χ2n) is 6.13. The van der Waals surface area contributed by atoms with Gasteiger partial charge in [-0.2, -0.15) is 13.2 Å². The van der Waals surface area contributed by atoms with E-state index in [1.807, 2.05) is 0 Å². The van der Waals surface area contributed by atoms with Crippen molar-refractivity contribution < 1.29 is 22.8 Å². The van der Waals surface area contributed by atoms with Gasteiger partial charge >= 0.3 is 6.18 Å². The molecule has 0 fully saturated rings. The number of hydrogen-bond acceptors (Lipinski definition) is 3. The third-order valence-corrected chi connectivity index (χ3v) is 4.30. The molecule has 2 N–H and O–H groups in total. The van der Waals surface area contributed by atoms with Crippen LogP contribution in [-0.4, -0.2) is 21.4 Å². The molecular weight excluding hydrogens is 361 g/mol. The Kier molecular flexibility index (Phi) is 3.87. The minimum atomic E-state index is -4.51. The van der Waals surface area contributed by atoms with Crippen LogP contribution >= 0.6 is 0 Å². The predicted molar refractivity (Wildman–Crippen MR) is 92.1 cm³/mol. The number of fused-ring (bicyclic) bond motifs is 3. The van der Waals surface area contributed by atoms with Gasteiger partial charge in [0.2, 0.25) is 17.8 Å². The molecule has 0 saturated carbocycles. The number of nitrogens with one attached hydrogen (secondary N) is 2. The van der Waals surface area contributed by atoms with Crippen molar-refractivity contribution in [2.24, 2.45) is 0 Å². The van der Waals surface area contributed by atoms with Gasteiger partial charge in [-0.15, -0.1) is 0 Å². The summed E-state index contributed by atoms with van der Waals surface area (Å²) in [6.07, 6.45) is -4.66. The molecule has 9 heteroatoms. The zero-order valence-corrected chi connectivity index (χ0v) is 13.7. The molecule has 3 aromatic rings. The fourth-order valence-electron chi connectivity index (χ4n) is 3.10. The maximum absolute atomic E-state index is 12.9. The van der Waals surface area contributed by atoms with E-state index in [2.05, 4.69) is 15.6 Å². The molecule has 2 aromatic carbocycles. The summed E-state index contributed by atoms with van der Waals surface area (Å²) in [6.45, 7) is 0. The van der Waals surface area contributed by atoms with Gasteiger partial charge in [0.25, 0.3) is 0 Å². The van der Waals surface area contributed by atoms with E-state index in [1.54, 1.807) is 28.8 Å². The SMILES string of the molecule is O=C1CC(C(=O)Nc2cccc(C(F)(F)F)c2)n2c(nc3ccccc32)N1. The minimum absolute atomic E-state index is 0.00628. The Hall–Kier alpha value is -3.36. The fraction of sp³-hybridized carbons (Fsp3) is 0.167. The van der Waals surface area contributed by atoms with Gasteiger partial charge in [0.15, 0.2) is 0 Å². The lowest BCUT2D eigenvalue weighted by Gasteiger charge is -2.25. The van der Waals surface area contributed by atoms with E-state index >= 15 is 0 Å². The van der Waals surface area contributed by atoms with Crippen LogP contribution < -0.4 is 10.6 Å². The normalized spacial score (nSPS) is 16.7. The average molecular weight is 374 g/mol. The van der Waals surface area contributed by atoms with Crippen LogP contribution in [0.3, 0.4) is 0 Å². The van der Waals surface area contributed by atoms with Crippen molar-refractivity contribution >= 4 is 34.5 Å². The Morgan fingerprint density at radius 2 is 1.96 bits per heavy atom. The number of nitrogens with zero attached hydrogens (tertiary/aromatic N) is 2. The van der Waals surface area contributed by atoms with Gasteiger partial charge < -0.3 is 5.32 Å². The highest BCUT2D eigenvalue weighted by molar-refractivity contribution is 6.03. The van der Waals surface area contributed by atoms with Crippen molar-refractivity contribution in [3.63, 3.8) is 0 Å². The van der Waals surface area contributed by atoms with E-state index in [-0.39, 0.29) is 24.0 Å². The lowest BCUT2D eigenvalue weighted by molar-refractivity contribution is -0.137. The summed E-state index contributed by atoms with van der Waals surface area (Å²) < 4.78 is 40.2. The summed E-state index contributed by atoms with van der Waals surface area (Å²) in [6, 6.07) is 10.5. The summed E-state index contributed by atoms with van der Waals surface area (Å²) in [5, 5.41) is 5.08. The molecular formula is C18H13F3N4O2. The van der Waals surface area contributed by atoms with Crippen molar-refractivity contribution in [1.29, 1.82) is 0 Å². The highest BCUT2D eigenvalue weighted by Crippen LogP contribution is 2.33. The van der Waals surface area contributed by atoms with Crippen LogP contribution in [0.4, 0.5) is 24.8 Å². The molecule has 0 radical (unpaired) electrons. The van der Waals surface area contributed by atoms with Crippen LogP contribution in [0, 0.1) is 0 Å². The Balaban J connectivity index is 1.68. The number of para-hydroxylation sites is 2. The first-order valence-corrected chi connectivity index (χ1v) is 8.08. The Morgan fingerprint density at radius 1 is 1.19 bits per heavy atom. The fourth-order valence-corrected chi connectivity index (χ4v) is 3.10. The Bertz CT molecular complexity index is 1060. The molecule has 0 spiro atoms. The number of halogens is 3. The highest BCUT2D eigenvalue weighted by Gasteiger charge is 2.34. The number of benzene rings is 2. The van der Waals surface area contributed by atoms with E-state index in [0.29, 0.717) is 11.0 Å². The zero-order chi connectivity index (χ0) is 19.2. The van der Waals surface area contributed by atoms with E-state index in [9.17, 15) is 22.8 Å². The highest BCUT2D eigenvalue weighted by atomic mass is 19.4. The van der Waals surface area contributed by atoms with Gasteiger partial charge in [0.05, 0.1) is 23.0 Å². The molecule has 6 nitrogen and oxygen atoms in total. The summed E-state index contributed by atoms with van der Waals surface area (Å²) in [7, 11) is 0. The van der Waals surface area contributed by atoms with Crippen molar-refractivity contribution in [3.8, 4) is 0 Å². The summed E-state index contributed by atoms with van der Waals surface area (Å²) >= 11 is 0. The van der Waals surface area contributed by atoms with Crippen molar-refractivity contribution in [2.45, 2.75) is 18.6 Å². The van der Waals surface area contributed by atoms with Crippen LogP contribution in [0.15, 0.2) is 48.5 Å². The molecule has 0 saturated heterocycles. The first-order chi connectivity index (χ1) is 12.8. The number of carbonyl (C=O) groups excluding carboxylic acids is 2. The molecule has 1 aliphatic heterocycles. The average Bonchev–Trinajstić information content (AvgIpc) is 2.98. The maximum Gasteiger partial charge on any atom is 0.416 e. The molecule has 0 bridgehead atoms. The quantitative estimate of drug-likeness (QED) is 0.720. The third kappa shape index (κ3) is 3.12. The first-order valence-electron chi connectivity index (χ1n) is 8.08.